The molecule has 1 fully saturated rings. The molecule has 5 aromatic rings. The van der Waals surface area contributed by atoms with Crippen molar-refractivity contribution >= 4 is 45.3 Å². The molecule has 3 aromatic heterocycles. The fourth-order valence-electron chi connectivity index (χ4n) is 5.56. The second-order valence-electron chi connectivity index (χ2n) is 10.6. The Balaban J connectivity index is 1.26. The van der Waals surface area contributed by atoms with E-state index in [1.807, 2.05) is 60.7 Å². The highest BCUT2D eigenvalue weighted by Crippen LogP contribution is 2.34. The number of aromatic nitrogens is 5. The molecule has 6 rings (SSSR count). The SMILES string of the molecule is C=CC(=O)N1[C@H](C)CN(c2ccc3ncnc(Nc4ccc(Oc5ccc6c(c5)ncn6C)c(C)c4F)c3n2)C[C@@H]1C. The first kappa shape index (κ1) is 27.1. The van der Waals surface area contributed by atoms with Gasteiger partial charge < -0.3 is 24.4 Å². The average Bonchev–Trinajstić information content (AvgIpc) is 3.35. The van der Waals surface area contributed by atoms with E-state index >= 15 is 4.39 Å². The summed E-state index contributed by atoms with van der Waals surface area (Å²) in [6.07, 6.45) is 4.51. The van der Waals surface area contributed by atoms with Crippen LogP contribution in [0.25, 0.3) is 22.1 Å². The lowest BCUT2D eigenvalue weighted by molar-refractivity contribution is -0.130. The Morgan fingerprint density at radius 1 is 1.07 bits per heavy atom. The first-order valence-electron chi connectivity index (χ1n) is 13.7. The number of imidazole rings is 1. The molecule has 1 aliphatic heterocycles. The number of nitrogens with zero attached hydrogens (tertiary/aromatic N) is 7. The number of halogens is 1. The summed E-state index contributed by atoms with van der Waals surface area (Å²) in [6, 6.07) is 12.7. The Bertz CT molecular complexity index is 1830. The smallest absolute Gasteiger partial charge is 0.246 e. The number of hydrogen-bond donors (Lipinski definition) is 1. The van der Waals surface area contributed by atoms with Gasteiger partial charge in [0.25, 0.3) is 0 Å². The number of rotatable bonds is 6. The van der Waals surface area contributed by atoms with Gasteiger partial charge >= 0.3 is 0 Å². The van der Waals surface area contributed by atoms with E-state index < -0.39 is 5.82 Å². The van der Waals surface area contributed by atoms with Gasteiger partial charge in [-0.3, -0.25) is 4.79 Å². The first-order chi connectivity index (χ1) is 20.2. The molecule has 11 heteroatoms. The highest BCUT2D eigenvalue weighted by atomic mass is 19.1. The zero-order valence-electron chi connectivity index (χ0n) is 23.9. The number of pyridine rings is 1. The maximum Gasteiger partial charge on any atom is 0.246 e. The Kier molecular flexibility index (Phi) is 6.93. The Labute approximate surface area is 242 Å². The highest BCUT2D eigenvalue weighted by molar-refractivity contribution is 5.89. The van der Waals surface area contributed by atoms with Crippen LogP contribution in [0.15, 0.2) is 67.8 Å². The lowest BCUT2D eigenvalue weighted by Crippen LogP contribution is -2.58. The molecule has 0 unspecified atom stereocenters. The van der Waals surface area contributed by atoms with Gasteiger partial charge in [0.05, 0.1) is 28.6 Å². The van der Waals surface area contributed by atoms with Gasteiger partial charge in [0.15, 0.2) is 11.6 Å². The Hall–Kier alpha value is -5.06. The van der Waals surface area contributed by atoms with Crippen LogP contribution < -0.4 is 15.0 Å². The van der Waals surface area contributed by atoms with E-state index in [-0.39, 0.29) is 23.7 Å². The molecule has 4 heterocycles. The lowest BCUT2D eigenvalue weighted by atomic mass is 10.1. The van der Waals surface area contributed by atoms with Crippen molar-refractivity contribution in [1.29, 1.82) is 0 Å². The molecule has 1 amide bonds. The monoisotopic (exact) mass is 566 g/mol. The largest absolute Gasteiger partial charge is 0.457 e. The number of amides is 1. The van der Waals surface area contributed by atoms with Crippen molar-refractivity contribution in [3.8, 4) is 11.5 Å². The van der Waals surface area contributed by atoms with Crippen molar-refractivity contribution in [1.82, 2.24) is 29.4 Å². The van der Waals surface area contributed by atoms with Crippen molar-refractivity contribution in [3.05, 3.63) is 79.2 Å². The van der Waals surface area contributed by atoms with Gasteiger partial charge in [0.2, 0.25) is 5.91 Å². The Morgan fingerprint density at radius 3 is 2.62 bits per heavy atom. The predicted octanol–water partition coefficient (Wildman–Crippen LogP) is 5.51. The molecule has 2 atom stereocenters. The van der Waals surface area contributed by atoms with Crippen LogP contribution in [0.2, 0.25) is 0 Å². The van der Waals surface area contributed by atoms with E-state index in [2.05, 4.69) is 31.7 Å². The van der Waals surface area contributed by atoms with Crippen molar-refractivity contribution in [2.24, 2.45) is 7.05 Å². The molecule has 0 spiro atoms. The lowest BCUT2D eigenvalue weighted by Gasteiger charge is -2.44. The average molecular weight is 567 g/mol. The summed E-state index contributed by atoms with van der Waals surface area (Å²) < 4.78 is 23.6. The second kappa shape index (κ2) is 10.7. The number of piperazine rings is 1. The van der Waals surface area contributed by atoms with Gasteiger partial charge in [-0.1, -0.05) is 6.58 Å². The first-order valence-corrected chi connectivity index (χ1v) is 13.7. The van der Waals surface area contributed by atoms with Gasteiger partial charge in [-0.25, -0.2) is 24.3 Å². The molecule has 1 saturated heterocycles. The zero-order chi connectivity index (χ0) is 29.5. The molecule has 42 heavy (non-hydrogen) atoms. The van der Waals surface area contributed by atoms with Gasteiger partial charge in [0.1, 0.15) is 29.2 Å². The summed E-state index contributed by atoms with van der Waals surface area (Å²) in [6.45, 7) is 10.5. The van der Waals surface area contributed by atoms with Crippen LogP contribution >= 0.6 is 0 Å². The molecule has 2 aromatic carbocycles. The van der Waals surface area contributed by atoms with Crippen LogP contribution in [0.1, 0.15) is 19.4 Å². The molecule has 0 bridgehead atoms. The van der Waals surface area contributed by atoms with Crippen molar-refractivity contribution < 1.29 is 13.9 Å². The van der Waals surface area contributed by atoms with Gasteiger partial charge in [-0.05, 0) is 63.2 Å². The number of carbonyl (C=O) groups is 1. The predicted molar refractivity (Wildman–Crippen MR) is 161 cm³/mol. The van der Waals surface area contributed by atoms with E-state index in [0.717, 1.165) is 16.9 Å². The Morgan fingerprint density at radius 2 is 1.86 bits per heavy atom. The third-order valence-corrected chi connectivity index (χ3v) is 7.65. The van der Waals surface area contributed by atoms with Crippen LogP contribution in [0.4, 0.5) is 21.7 Å². The van der Waals surface area contributed by atoms with Crippen LogP contribution in [0.3, 0.4) is 0 Å². The molecular weight excluding hydrogens is 535 g/mol. The molecule has 0 aliphatic carbocycles. The number of aryl methyl sites for hydroxylation is 1. The van der Waals surface area contributed by atoms with Crippen molar-refractivity contribution in [3.63, 3.8) is 0 Å². The van der Waals surface area contributed by atoms with Crippen LogP contribution in [-0.4, -0.2) is 60.5 Å². The second-order valence-corrected chi connectivity index (χ2v) is 10.6. The molecular formula is C31H31FN8O2. The minimum atomic E-state index is -0.458. The number of anilines is 3. The van der Waals surface area contributed by atoms with Gasteiger partial charge in [-0.2, -0.15) is 0 Å². The van der Waals surface area contributed by atoms with E-state index in [1.54, 1.807) is 25.4 Å². The topological polar surface area (TPSA) is 101 Å². The molecule has 214 valence electrons. The molecule has 1 aliphatic rings. The number of hydrogen-bond acceptors (Lipinski definition) is 8. The van der Waals surface area contributed by atoms with Crippen LogP contribution in [-0.2, 0) is 11.8 Å². The summed E-state index contributed by atoms with van der Waals surface area (Å²) in [7, 11) is 1.92. The maximum atomic E-state index is 15.6. The summed E-state index contributed by atoms with van der Waals surface area (Å²) in [4.78, 5) is 34.3. The normalized spacial score (nSPS) is 17.1. The summed E-state index contributed by atoms with van der Waals surface area (Å²) in [5.41, 5.74) is 3.51. The van der Waals surface area contributed by atoms with Crippen molar-refractivity contribution in [2.45, 2.75) is 32.9 Å². The standard InChI is InChI=1S/C31H31FN8O2/c1-6-28(41)40-18(2)14-39(15-19(40)3)27-12-9-23-30(37-27)31(34-16-33-23)36-22-8-11-26(20(4)29(22)32)42-21-7-10-25-24(13-21)35-17-38(25)5/h6-13,16-19H,1,14-15H2,2-5H3,(H,33,34,36)/t18-,19+. The maximum absolute atomic E-state index is 15.6. The minimum absolute atomic E-state index is 0.0231. The number of nitrogens with one attached hydrogen (secondary N) is 1. The highest BCUT2D eigenvalue weighted by Gasteiger charge is 2.32. The molecule has 0 radical (unpaired) electrons. The number of fused-ring (bicyclic) bond motifs is 2. The van der Waals surface area contributed by atoms with E-state index in [4.69, 9.17) is 9.72 Å². The fourth-order valence-corrected chi connectivity index (χ4v) is 5.56. The summed E-state index contributed by atoms with van der Waals surface area (Å²) in [5, 5.41) is 3.11. The van der Waals surface area contributed by atoms with Gasteiger partial charge in [-0.15, -0.1) is 0 Å². The van der Waals surface area contributed by atoms with E-state index in [9.17, 15) is 4.79 Å². The molecule has 1 N–H and O–H groups in total. The number of carbonyl (C=O) groups excluding carboxylic acids is 1. The van der Waals surface area contributed by atoms with E-state index in [0.29, 0.717) is 47.0 Å². The quantitative estimate of drug-likeness (QED) is 0.269. The fraction of sp³-hybridized carbons (Fsp3) is 0.258. The molecule has 0 saturated carbocycles. The minimum Gasteiger partial charge on any atom is -0.457 e. The number of ether oxygens (including phenoxy) is 1. The van der Waals surface area contributed by atoms with Gasteiger partial charge in [0, 0.05) is 43.9 Å². The zero-order valence-corrected chi connectivity index (χ0v) is 23.9. The summed E-state index contributed by atoms with van der Waals surface area (Å²) >= 11 is 0. The van der Waals surface area contributed by atoms with Crippen LogP contribution in [0.5, 0.6) is 11.5 Å². The number of benzene rings is 2. The summed E-state index contributed by atoms with van der Waals surface area (Å²) in [5.74, 6) is 1.55. The third kappa shape index (κ3) is 4.87. The van der Waals surface area contributed by atoms with E-state index in [1.165, 1.54) is 12.4 Å². The van der Waals surface area contributed by atoms with Crippen LogP contribution in [0, 0.1) is 12.7 Å². The molecule has 10 nitrogen and oxygen atoms in total. The van der Waals surface area contributed by atoms with Crippen molar-refractivity contribution in [2.75, 3.05) is 23.3 Å². The third-order valence-electron chi connectivity index (χ3n) is 7.65.